The molecule has 0 amide bonds. The minimum atomic E-state index is 0.656. The molecule has 21 heavy (non-hydrogen) atoms. The lowest BCUT2D eigenvalue weighted by molar-refractivity contribution is 0.0240. The SMILES string of the molecule is CN(C)c1cc([C@@H]2CCCN(C3CCOCC3)C2)ccn1. The van der Waals surface area contributed by atoms with Crippen molar-refractivity contribution in [3.8, 4) is 0 Å². The Morgan fingerprint density at radius 2 is 2.05 bits per heavy atom. The number of anilines is 1. The molecule has 1 aromatic heterocycles. The number of aromatic nitrogens is 1. The van der Waals surface area contributed by atoms with E-state index in [4.69, 9.17) is 4.74 Å². The van der Waals surface area contributed by atoms with E-state index in [2.05, 4.69) is 41.0 Å². The van der Waals surface area contributed by atoms with Gasteiger partial charge in [0, 0.05) is 46.1 Å². The molecule has 2 aliphatic heterocycles. The van der Waals surface area contributed by atoms with Gasteiger partial charge in [0.2, 0.25) is 0 Å². The van der Waals surface area contributed by atoms with Gasteiger partial charge in [0.1, 0.15) is 5.82 Å². The highest BCUT2D eigenvalue weighted by Crippen LogP contribution is 2.30. The Labute approximate surface area is 128 Å². The third-order valence-electron chi connectivity index (χ3n) is 4.86. The van der Waals surface area contributed by atoms with Gasteiger partial charge in [0.15, 0.2) is 0 Å². The molecule has 3 heterocycles. The van der Waals surface area contributed by atoms with Gasteiger partial charge in [-0.2, -0.15) is 0 Å². The van der Waals surface area contributed by atoms with E-state index < -0.39 is 0 Å². The Hall–Kier alpha value is -1.13. The first-order valence-electron chi connectivity index (χ1n) is 8.19. The van der Waals surface area contributed by atoms with Gasteiger partial charge in [-0.3, -0.25) is 4.90 Å². The summed E-state index contributed by atoms with van der Waals surface area (Å²) in [5.41, 5.74) is 1.45. The van der Waals surface area contributed by atoms with Crippen LogP contribution in [0.1, 0.15) is 37.2 Å². The van der Waals surface area contributed by atoms with Crippen LogP contribution in [0.5, 0.6) is 0 Å². The highest BCUT2D eigenvalue weighted by molar-refractivity contribution is 5.40. The predicted octanol–water partition coefficient (Wildman–Crippen LogP) is 2.51. The van der Waals surface area contributed by atoms with E-state index in [1.165, 1.54) is 44.3 Å². The Bertz CT molecular complexity index is 457. The molecule has 4 heteroatoms. The van der Waals surface area contributed by atoms with E-state index in [9.17, 15) is 0 Å². The molecule has 0 unspecified atom stereocenters. The van der Waals surface area contributed by atoms with Gasteiger partial charge < -0.3 is 9.64 Å². The smallest absolute Gasteiger partial charge is 0.128 e. The van der Waals surface area contributed by atoms with Gasteiger partial charge in [-0.15, -0.1) is 0 Å². The van der Waals surface area contributed by atoms with Crippen molar-refractivity contribution in [1.29, 1.82) is 0 Å². The fourth-order valence-electron chi connectivity index (χ4n) is 3.59. The molecule has 1 aromatic rings. The Kier molecular flexibility index (Phi) is 4.76. The Morgan fingerprint density at radius 1 is 1.24 bits per heavy atom. The number of hydrogen-bond donors (Lipinski definition) is 0. The summed E-state index contributed by atoms with van der Waals surface area (Å²) in [6, 6.07) is 5.19. The average molecular weight is 289 g/mol. The van der Waals surface area contributed by atoms with Gasteiger partial charge in [-0.05, 0) is 55.8 Å². The lowest BCUT2D eigenvalue weighted by atomic mass is 9.89. The second kappa shape index (κ2) is 6.75. The third-order valence-corrected chi connectivity index (χ3v) is 4.86. The van der Waals surface area contributed by atoms with Crippen LogP contribution in [-0.2, 0) is 4.74 Å². The summed E-state index contributed by atoms with van der Waals surface area (Å²) in [4.78, 5) is 9.23. The molecule has 116 valence electrons. The van der Waals surface area contributed by atoms with Crippen LogP contribution < -0.4 is 4.90 Å². The van der Waals surface area contributed by atoms with Crippen LogP contribution in [-0.4, -0.2) is 56.3 Å². The number of likely N-dealkylation sites (tertiary alicyclic amines) is 1. The summed E-state index contributed by atoms with van der Waals surface area (Å²) < 4.78 is 5.50. The van der Waals surface area contributed by atoms with Gasteiger partial charge in [0.25, 0.3) is 0 Å². The zero-order valence-corrected chi connectivity index (χ0v) is 13.3. The fraction of sp³-hybridized carbons (Fsp3) is 0.706. The number of ether oxygens (including phenoxy) is 1. The molecule has 2 saturated heterocycles. The van der Waals surface area contributed by atoms with Gasteiger partial charge in [0.05, 0.1) is 0 Å². The van der Waals surface area contributed by atoms with Crippen molar-refractivity contribution in [1.82, 2.24) is 9.88 Å². The molecule has 1 atom stereocenters. The summed E-state index contributed by atoms with van der Waals surface area (Å²) in [5, 5.41) is 0. The molecule has 2 aliphatic rings. The average Bonchev–Trinajstić information content (AvgIpc) is 2.56. The molecule has 0 N–H and O–H groups in total. The maximum Gasteiger partial charge on any atom is 0.128 e. The Balaban J connectivity index is 1.69. The van der Waals surface area contributed by atoms with Crippen molar-refractivity contribution in [2.45, 2.75) is 37.6 Å². The predicted molar refractivity (Wildman–Crippen MR) is 86.0 cm³/mol. The second-order valence-electron chi connectivity index (χ2n) is 6.52. The zero-order valence-electron chi connectivity index (χ0n) is 13.3. The van der Waals surface area contributed by atoms with E-state index in [1.807, 2.05) is 6.20 Å². The van der Waals surface area contributed by atoms with Gasteiger partial charge in [-0.25, -0.2) is 4.98 Å². The van der Waals surface area contributed by atoms with Crippen molar-refractivity contribution in [2.24, 2.45) is 0 Å². The molecule has 0 aliphatic carbocycles. The van der Waals surface area contributed by atoms with E-state index in [1.54, 1.807) is 0 Å². The minimum absolute atomic E-state index is 0.656. The van der Waals surface area contributed by atoms with E-state index >= 15 is 0 Å². The standard InChI is InChI=1S/C17H27N3O/c1-19(2)17-12-14(5-8-18-17)15-4-3-9-20(13-15)16-6-10-21-11-7-16/h5,8,12,15-16H,3-4,6-7,9-11,13H2,1-2H3/t15-/m1/s1. The van der Waals surface area contributed by atoms with Crippen LogP contribution in [0.4, 0.5) is 5.82 Å². The molecule has 0 spiro atoms. The molecule has 0 radical (unpaired) electrons. The number of rotatable bonds is 3. The third kappa shape index (κ3) is 3.55. The summed E-state index contributed by atoms with van der Waals surface area (Å²) in [5.74, 6) is 1.72. The molecule has 4 nitrogen and oxygen atoms in total. The number of piperidine rings is 1. The molecule has 0 saturated carbocycles. The van der Waals surface area contributed by atoms with Gasteiger partial charge >= 0.3 is 0 Å². The maximum atomic E-state index is 5.50. The fourth-order valence-corrected chi connectivity index (χ4v) is 3.59. The van der Waals surface area contributed by atoms with Crippen LogP contribution >= 0.6 is 0 Å². The maximum absolute atomic E-state index is 5.50. The van der Waals surface area contributed by atoms with Crippen LogP contribution in [0.15, 0.2) is 18.3 Å². The monoisotopic (exact) mass is 289 g/mol. The van der Waals surface area contributed by atoms with E-state index in [0.29, 0.717) is 5.92 Å². The molecular weight excluding hydrogens is 262 g/mol. The topological polar surface area (TPSA) is 28.6 Å². The lowest BCUT2D eigenvalue weighted by Gasteiger charge is -2.40. The number of nitrogens with zero attached hydrogens (tertiary/aromatic N) is 3. The molecule has 3 rings (SSSR count). The van der Waals surface area contributed by atoms with E-state index in [-0.39, 0.29) is 0 Å². The molecular formula is C17H27N3O. The highest BCUT2D eigenvalue weighted by Gasteiger charge is 2.28. The minimum Gasteiger partial charge on any atom is -0.381 e. The second-order valence-corrected chi connectivity index (χ2v) is 6.52. The van der Waals surface area contributed by atoms with Crippen molar-refractivity contribution in [3.05, 3.63) is 23.9 Å². The quantitative estimate of drug-likeness (QED) is 0.855. The van der Waals surface area contributed by atoms with Crippen LogP contribution in [0.3, 0.4) is 0 Å². The number of pyridine rings is 1. The van der Waals surface area contributed by atoms with Crippen LogP contribution in [0.25, 0.3) is 0 Å². The Morgan fingerprint density at radius 3 is 2.81 bits per heavy atom. The summed E-state index contributed by atoms with van der Waals surface area (Å²) in [7, 11) is 4.11. The largest absolute Gasteiger partial charge is 0.381 e. The van der Waals surface area contributed by atoms with Crippen LogP contribution in [0.2, 0.25) is 0 Å². The molecule has 0 bridgehead atoms. The highest BCUT2D eigenvalue weighted by atomic mass is 16.5. The first-order valence-corrected chi connectivity index (χ1v) is 8.19. The molecule has 0 aromatic carbocycles. The van der Waals surface area contributed by atoms with Crippen molar-refractivity contribution in [2.75, 3.05) is 45.3 Å². The van der Waals surface area contributed by atoms with Crippen molar-refractivity contribution in [3.63, 3.8) is 0 Å². The summed E-state index contributed by atoms with van der Waals surface area (Å²) >= 11 is 0. The number of hydrogen-bond acceptors (Lipinski definition) is 4. The van der Waals surface area contributed by atoms with Crippen LogP contribution in [0, 0.1) is 0 Å². The zero-order chi connectivity index (χ0) is 14.7. The van der Waals surface area contributed by atoms with Gasteiger partial charge in [-0.1, -0.05) is 0 Å². The first kappa shape index (κ1) is 14.8. The molecule has 2 fully saturated rings. The lowest BCUT2D eigenvalue weighted by Crippen LogP contribution is -2.44. The van der Waals surface area contributed by atoms with E-state index in [0.717, 1.165) is 25.1 Å². The summed E-state index contributed by atoms with van der Waals surface area (Å²) in [6.45, 7) is 4.33. The summed E-state index contributed by atoms with van der Waals surface area (Å²) in [6.07, 6.45) is 6.97. The normalized spacial score (nSPS) is 25.0. The first-order chi connectivity index (χ1) is 10.2. The van der Waals surface area contributed by atoms with Crippen molar-refractivity contribution >= 4 is 5.82 Å². The van der Waals surface area contributed by atoms with Crippen molar-refractivity contribution < 1.29 is 4.74 Å².